The van der Waals surface area contributed by atoms with Crippen molar-refractivity contribution in [2.24, 2.45) is 0 Å². The SMILES string of the molecule is COC(=O)N1c2ccccc2C(Nc2nc(COC(C)=O)cs2)CC1C. The molecule has 1 aliphatic heterocycles. The van der Waals surface area contributed by atoms with Gasteiger partial charge in [-0.15, -0.1) is 11.3 Å². The maximum absolute atomic E-state index is 12.2. The van der Waals surface area contributed by atoms with Gasteiger partial charge in [0.15, 0.2) is 5.13 Å². The van der Waals surface area contributed by atoms with Crippen LogP contribution in [0.3, 0.4) is 0 Å². The number of esters is 1. The summed E-state index contributed by atoms with van der Waals surface area (Å²) >= 11 is 1.46. The molecule has 0 aliphatic carbocycles. The van der Waals surface area contributed by atoms with E-state index >= 15 is 0 Å². The Kier molecular flexibility index (Phi) is 5.41. The molecule has 8 heteroatoms. The van der Waals surface area contributed by atoms with Gasteiger partial charge in [-0.1, -0.05) is 18.2 Å². The van der Waals surface area contributed by atoms with E-state index < -0.39 is 0 Å². The number of thiazole rings is 1. The molecule has 138 valence electrons. The van der Waals surface area contributed by atoms with Crippen molar-refractivity contribution in [1.82, 2.24) is 4.98 Å². The molecule has 1 aromatic carbocycles. The Bertz CT molecular complexity index is 807. The van der Waals surface area contributed by atoms with Gasteiger partial charge >= 0.3 is 12.1 Å². The van der Waals surface area contributed by atoms with Crippen molar-refractivity contribution in [3.8, 4) is 0 Å². The third-order valence-corrected chi connectivity index (χ3v) is 5.06. The minimum atomic E-state index is -0.360. The number of carbonyl (C=O) groups is 2. The van der Waals surface area contributed by atoms with Crippen LogP contribution in [0.2, 0.25) is 0 Å². The molecule has 26 heavy (non-hydrogen) atoms. The molecule has 0 saturated heterocycles. The number of hydrogen-bond donors (Lipinski definition) is 1. The maximum atomic E-state index is 12.2. The number of methoxy groups -OCH3 is 1. The third kappa shape index (κ3) is 3.80. The van der Waals surface area contributed by atoms with Crippen molar-refractivity contribution in [3.05, 3.63) is 40.9 Å². The number of para-hydroxylation sites is 1. The monoisotopic (exact) mass is 375 g/mol. The zero-order valence-electron chi connectivity index (χ0n) is 14.9. The van der Waals surface area contributed by atoms with Crippen LogP contribution >= 0.6 is 11.3 Å². The number of carbonyl (C=O) groups excluding carboxylic acids is 2. The van der Waals surface area contributed by atoms with Crippen LogP contribution in [0.25, 0.3) is 0 Å². The number of anilines is 2. The quantitative estimate of drug-likeness (QED) is 0.820. The van der Waals surface area contributed by atoms with Gasteiger partial charge in [-0.3, -0.25) is 9.69 Å². The van der Waals surface area contributed by atoms with E-state index in [-0.39, 0.29) is 30.8 Å². The van der Waals surface area contributed by atoms with E-state index in [9.17, 15) is 9.59 Å². The highest BCUT2D eigenvalue weighted by molar-refractivity contribution is 7.13. The van der Waals surface area contributed by atoms with E-state index in [1.54, 1.807) is 4.90 Å². The van der Waals surface area contributed by atoms with Crippen LogP contribution in [0, 0.1) is 0 Å². The Labute approximate surface area is 155 Å². The number of fused-ring (bicyclic) bond motifs is 1. The Morgan fingerprint density at radius 2 is 2.15 bits per heavy atom. The third-order valence-electron chi connectivity index (χ3n) is 4.23. The summed E-state index contributed by atoms with van der Waals surface area (Å²) in [6.45, 7) is 3.54. The molecule has 0 fully saturated rings. The first-order valence-corrected chi connectivity index (χ1v) is 9.18. The number of aromatic nitrogens is 1. The summed E-state index contributed by atoms with van der Waals surface area (Å²) in [5.41, 5.74) is 2.57. The summed E-state index contributed by atoms with van der Waals surface area (Å²) in [4.78, 5) is 29.2. The van der Waals surface area contributed by atoms with Crippen molar-refractivity contribution >= 4 is 34.2 Å². The zero-order valence-corrected chi connectivity index (χ0v) is 15.7. The maximum Gasteiger partial charge on any atom is 0.414 e. The van der Waals surface area contributed by atoms with Gasteiger partial charge in [0, 0.05) is 18.3 Å². The molecule has 1 amide bonds. The van der Waals surface area contributed by atoms with Crippen LogP contribution in [0.4, 0.5) is 15.6 Å². The Hall–Kier alpha value is -2.61. The van der Waals surface area contributed by atoms with Crippen LogP contribution in [0.5, 0.6) is 0 Å². The normalized spacial score (nSPS) is 18.8. The van der Waals surface area contributed by atoms with Crippen LogP contribution in [0.15, 0.2) is 29.6 Å². The average Bonchev–Trinajstić information content (AvgIpc) is 3.07. The fraction of sp³-hybridized carbons (Fsp3) is 0.389. The Balaban J connectivity index is 1.80. The largest absolute Gasteiger partial charge is 0.459 e. The lowest BCUT2D eigenvalue weighted by Gasteiger charge is -2.38. The molecular formula is C18H21N3O4S. The summed E-state index contributed by atoms with van der Waals surface area (Å²) in [6, 6.07) is 7.79. The van der Waals surface area contributed by atoms with Crippen molar-refractivity contribution in [2.45, 2.75) is 39.0 Å². The number of nitrogens with zero attached hydrogens (tertiary/aromatic N) is 2. The van der Waals surface area contributed by atoms with Gasteiger partial charge in [-0.05, 0) is 25.0 Å². The van der Waals surface area contributed by atoms with Gasteiger partial charge in [0.2, 0.25) is 0 Å². The van der Waals surface area contributed by atoms with Gasteiger partial charge in [0.1, 0.15) is 6.61 Å². The first-order valence-electron chi connectivity index (χ1n) is 8.30. The van der Waals surface area contributed by atoms with Crippen molar-refractivity contribution < 1.29 is 19.1 Å². The van der Waals surface area contributed by atoms with E-state index in [1.165, 1.54) is 25.4 Å². The van der Waals surface area contributed by atoms with Gasteiger partial charge in [-0.25, -0.2) is 9.78 Å². The van der Waals surface area contributed by atoms with Crippen LogP contribution < -0.4 is 10.2 Å². The molecule has 7 nitrogen and oxygen atoms in total. The van der Waals surface area contributed by atoms with Crippen molar-refractivity contribution in [3.63, 3.8) is 0 Å². The molecule has 0 spiro atoms. The molecule has 2 heterocycles. The molecule has 2 aromatic rings. The molecular weight excluding hydrogens is 354 g/mol. The molecule has 0 bridgehead atoms. The predicted molar refractivity (Wildman–Crippen MR) is 99.4 cm³/mol. The number of amides is 1. The smallest absolute Gasteiger partial charge is 0.414 e. The number of rotatable bonds is 4. The van der Waals surface area contributed by atoms with E-state index in [0.717, 1.165) is 22.8 Å². The molecule has 1 aliphatic rings. The Morgan fingerprint density at radius 1 is 1.38 bits per heavy atom. The molecule has 2 unspecified atom stereocenters. The predicted octanol–water partition coefficient (Wildman–Crippen LogP) is 3.72. The first-order chi connectivity index (χ1) is 12.5. The highest BCUT2D eigenvalue weighted by Crippen LogP contribution is 2.39. The van der Waals surface area contributed by atoms with Gasteiger partial charge in [0.25, 0.3) is 0 Å². The Morgan fingerprint density at radius 3 is 2.88 bits per heavy atom. The second-order valence-corrected chi connectivity index (χ2v) is 6.96. The fourth-order valence-electron chi connectivity index (χ4n) is 3.09. The van der Waals surface area contributed by atoms with Crippen molar-refractivity contribution in [2.75, 3.05) is 17.3 Å². The lowest BCUT2D eigenvalue weighted by atomic mass is 9.92. The molecule has 1 N–H and O–H groups in total. The summed E-state index contributed by atoms with van der Waals surface area (Å²) in [5, 5.41) is 6.06. The summed E-state index contributed by atoms with van der Waals surface area (Å²) in [6.07, 6.45) is 0.367. The van der Waals surface area contributed by atoms with Gasteiger partial charge in [-0.2, -0.15) is 0 Å². The van der Waals surface area contributed by atoms with Gasteiger partial charge < -0.3 is 14.8 Å². The topological polar surface area (TPSA) is 80.8 Å². The second kappa shape index (κ2) is 7.74. The number of hydrogen-bond acceptors (Lipinski definition) is 7. The molecule has 1 aromatic heterocycles. The lowest BCUT2D eigenvalue weighted by Crippen LogP contribution is -2.44. The summed E-state index contributed by atoms with van der Waals surface area (Å²) in [5.74, 6) is -0.328. The number of nitrogens with one attached hydrogen (secondary N) is 1. The van der Waals surface area contributed by atoms with E-state index in [2.05, 4.69) is 10.3 Å². The molecule has 0 radical (unpaired) electrons. The highest BCUT2D eigenvalue weighted by atomic mass is 32.1. The van der Waals surface area contributed by atoms with Crippen molar-refractivity contribution in [1.29, 1.82) is 0 Å². The standard InChI is InChI=1S/C18H21N3O4S/c1-11-8-15(20-17-19-13(10-26-17)9-25-12(2)22)14-6-4-5-7-16(14)21(11)18(23)24-3/h4-7,10-11,15H,8-9H2,1-3H3,(H,19,20). The van der Waals surface area contributed by atoms with Crippen LogP contribution in [-0.2, 0) is 20.9 Å². The number of benzene rings is 1. The zero-order chi connectivity index (χ0) is 18.7. The minimum Gasteiger partial charge on any atom is -0.459 e. The van der Waals surface area contributed by atoms with E-state index in [0.29, 0.717) is 5.69 Å². The van der Waals surface area contributed by atoms with Crippen LogP contribution in [-0.4, -0.2) is 30.2 Å². The summed E-state index contributed by atoms with van der Waals surface area (Å²) < 4.78 is 9.91. The molecule has 0 saturated carbocycles. The second-order valence-electron chi connectivity index (χ2n) is 6.10. The van der Waals surface area contributed by atoms with E-state index in [4.69, 9.17) is 9.47 Å². The van der Waals surface area contributed by atoms with Crippen LogP contribution in [0.1, 0.15) is 37.6 Å². The first kappa shape index (κ1) is 18.2. The molecule has 2 atom stereocenters. The van der Waals surface area contributed by atoms with E-state index in [1.807, 2.05) is 36.6 Å². The summed E-state index contributed by atoms with van der Waals surface area (Å²) in [7, 11) is 1.39. The minimum absolute atomic E-state index is 0.0182. The lowest BCUT2D eigenvalue weighted by molar-refractivity contribution is -0.142. The fourth-order valence-corrected chi connectivity index (χ4v) is 3.84. The van der Waals surface area contributed by atoms with Gasteiger partial charge in [0.05, 0.1) is 24.5 Å². The average molecular weight is 375 g/mol. The molecule has 3 rings (SSSR count). The highest BCUT2D eigenvalue weighted by Gasteiger charge is 2.34. The number of ether oxygens (including phenoxy) is 2.